The third-order valence-corrected chi connectivity index (χ3v) is 5.60. The Morgan fingerprint density at radius 3 is 2.84 bits per heavy atom. The third-order valence-electron chi connectivity index (χ3n) is 4.61. The highest BCUT2D eigenvalue weighted by molar-refractivity contribution is 8.00. The zero-order valence-corrected chi connectivity index (χ0v) is 17.5. The first-order chi connectivity index (χ1) is 15.2. The van der Waals surface area contributed by atoms with Crippen molar-refractivity contribution in [1.82, 2.24) is 9.97 Å². The summed E-state index contributed by atoms with van der Waals surface area (Å²) in [5, 5.41) is 13.8. The molecule has 2 aromatic heterocycles. The summed E-state index contributed by atoms with van der Waals surface area (Å²) < 4.78 is 5.27. The van der Waals surface area contributed by atoms with Gasteiger partial charge in [-0.25, -0.2) is 4.98 Å². The molecular formula is C24H18N4O2S. The first kappa shape index (κ1) is 20.4. The molecule has 7 heteroatoms. The Kier molecular flexibility index (Phi) is 6.11. The number of nitriles is 1. The van der Waals surface area contributed by atoms with Crippen molar-refractivity contribution >= 4 is 34.3 Å². The van der Waals surface area contributed by atoms with Crippen molar-refractivity contribution in [3.8, 4) is 23.1 Å². The van der Waals surface area contributed by atoms with Gasteiger partial charge in [0.25, 0.3) is 0 Å². The van der Waals surface area contributed by atoms with Gasteiger partial charge in [0, 0.05) is 17.1 Å². The Bertz CT molecular complexity index is 1300. The van der Waals surface area contributed by atoms with Gasteiger partial charge in [0.05, 0.1) is 35.3 Å². The Morgan fingerprint density at radius 1 is 1.13 bits per heavy atom. The lowest BCUT2D eigenvalue weighted by atomic mass is 10.1. The maximum absolute atomic E-state index is 12.6. The predicted molar refractivity (Wildman–Crippen MR) is 122 cm³/mol. The fraction of sp³-hybridized carbons (Fsp3) is 0.0833. The average molecular weight is 427 g/mol. The number of carbonyl (C=O) groups excluding carboxylic acids is 1. The van der Waals surface area contributed by atoms with Gasteiger partial charge in [-0.05, 0) is 48.5 Å². The Labute approximate surface area is 183 Å². The van der Waals surface area contributed by atoms with Crippen LogP contribution >= 0.6 is 11.8 Å². The zero-order chi connectivity index (χ0) is 21.6. The van der Waals surface area contributed by atoms with Crippen molar-refractivity contribution in [2.24, 2.45) is 0 Å². The number of nitrogens with zero attached hydrogens (tertiary/aromatic N) is 3. The lowest BCUT2D eigenvalue weighted by Gasteiger charge is -2.10. The molecule has 0 aliphatic rings. The van der Waals surface area contributed by atoms with Gasteiger partial charge in [-0.2, -0.15) is 5.26 Å². The number of thioether (sulfide) groups is 1. The molecule has 6 nitrogen and oxygen atoms in total. The van der Waals surface area contributed by atoms with Gasteiger partial charge in [0.15, 0.2) is 0 Å². The van der Waals surface area contributed by atoms with E-state index in [-0.39, 0.29) is 11.7 Å². The largest absolute Gasteiger partial charge is 0.497 e. The lowest BCUT2D eigenvalue weighted by Crippen LogP contribution is -2.14. The van der Waals surface area contributed by atoms with E-state index >= 15 is 0 Å². The van der Waals surface area contributed by atoms with Gasteiger partial charge in [-0.15, -0.1) is 0 Å². The van der Waals surface area contributed by atoms with Crippen molar-refractivity contribution < 1.29 is 9.53 Å². The fourth-order valence-corrected chi connectivity index (χ4v) is 3.88. The molecule has 0 saturated heterocycles. The minimum Gasteiger partial charge on any atom is -0.497 e. The number of rotatable bonds is 6. The monoisotopic (exact) mass is 426 g/mol. The summed E-state index contributed by atoms with van der Waals surface area (Å²) in [6.07, 6.45) is 1.72. The van der Waals surface area contributed by atoms with E-state index in [9.17, 15) is 10.1 Å². The van der Waals surface area contributed by atoms with Crippen LogP contribution in [0.4, 0.5) is 5.69 Å². The molecule has 1 N–H and O–H groups in total. The fourth-order valence-electron chi connectivity index (χ4n) is 3.11. The van der Waals surface area contributed by atoms with Crippen molar-refractivity contribution in [1.29, 1.82) is 5.26 Å². The summed E-state index contributed by atoms with van der Waals surface area (Å²) in [7, 11) is 1.61. The number of carbonyl (C=O) groups is 1. The van der Waals surface area contributed by atoms with Crippen LogP contribution in [0.2, 0.25) is 0 Å². The second kappa shape index (κ2) is 9.28. The molecule has 2 aromatic carbocycles. The Morgan fingerprint density at radius 2 is 2.00 bits per heavy atom. The van der Waals surface area contributed by atoms with E-state index in [1.54, 1.807) is 25.4 Å². The number of benzene rings is 2. The van der Waals surface area contributed by atoms with Crippen LogP contribution in [0.25, 0.3) is 22.2 Å². The smallest absolute Gasteiger partial charge is 0.234 e. The van der Waals surface area contributed by atoms with Crippen molar-refractivity contribution in [2.45, 2.75) is 5.03 Å². The summed E-state index contributed by atoms with van der Waals surface area (Å²) in [5.74, 6) is 0.667. The Balaban J connectivity index is 1.52. The molecule has 0 unspecified atom stereocenters. The number of aromatic nitrogens is 2. The second-order valence-corrected chi connectivity index (χ2v) is 7.57. The minimum atomic E-state index is -0.182. The van der Waals surface area contributed by atoms with Crippen LogP contribution in [0.1, 0.15) is 5.56 Å². The van der Waals surface area contributed by atoms with E-state index in [1.165, 1.54) is 11.8 Å². The van der Waals surface area contributed by atoms with Crippen LogP contribution in [0.15, 0.2) is 78.0 Å². The second-order valence-electron chi connectivity index (χ2n) is 6.61. The molecule has 2 heterocycles. The van der Waals surface area contributed by atoms with Gasteiger partial charge in [-0.1, -0.05) is 30.0 Å². The normalized spacial score (nSPS) is 10.5. The summed E-state index contributed by atoms with van der Waals surface area (Å²) in [6, 6.07) is 22.5. The van der Waals surface area contributed by atoms with Crippen LogP contribution in [-0.2, 0) is 4.79 Å². The van der Waals surface area contributed by atoms with Crippen LogP contribution in [-0.4, -0.2) is 28.7 Å². The van der Waals surface area contributed by atoms with Gasteiger partial charge < -0.3 is 10.1 Å². The molecule has 0 aliphatic carbocycles. The van der Waals surface area contributed by atoms with E-state index < -0.39 is 0 Å². The van der Waals surface area contributed by atoms with Crippen LogP contribution in [0, 0.1) is 11.3 Å². The highest BCUT2D eigenvalue weighted by Crippen LogP contribution is 2.28. The standard InChI is InChI=1S/C24H18N4O2S/c1-30-18-6-2-5-16(13-18)20-11-10-17(14-25)24(28-20)31-15-23(29)27-22-9-3-8-21-19(22)7-4-12-26-21/h2-13H,15H2,1H3,(H,27,29). The molecule has 0 bridgehead atoms. The topological polar surface area (TPSA) is 87.9 Å². The number of anilines is 1. The molecule has 0 spiro atoms. The number of hydrogen-bond donors (Lipinski definition) is 1. The number of hydrogen-bond acceptors (Lipinski definition) is 6. The van der Waals surface area contributed by atoms with E-state index in [1.807, 2.05) is 54.6 Å². The maximum Gasteiger partial charge on any atom is 0.234 e. The van der Waals surface area contributed by atoms with E-state index in [2.05, 4.69) is 21.4 Å². The first-order valence-corrected chi connectivity index (χ1v) is 10.5. The van der Waals surface area contributed by atoms with Crippen molar-refractivity contribution in [3.05, 3.63) is 78.5 Å². The van der Waals surface area contributed by atoms with E-state index in [0.29, 0.717) is 22.0 Å². The number of nitrogens with one attached hydrogen (secondary N) is 1. The summed E-state index contributed by atoms with van der Waals surface area (Å²) in [4.78, 5) is 21.5. The first-order valence-electron chi connectivity index (χ1n) is 9.50. The molecule has 0 radical (unpaired) electrons. The lowest BCUT2D eigenvalue weighted by molar-refractivity contribution is -0.113. The molecule has 4 rings (SSSR count). The zero-order valence-electron chi connectivity index (χ0n) is 16.7. The highest BCUT2D eigenvalue weighted by Gasteiger charge is 2.12. The van der Waals surface area contributed by atoms with Gasteiger partial charge in [0.2, 0.25) is 5.91 Å². The SMILES string of the molecule is COc1cccc(-c2ccc(C#N)c(SCC(=O)Nc3cccc4ncccc34)n2)c1. The Hall–Kier alpha value is -3.89. The molecule has 1 amide bonds. The summed E-state index contributed by atoms with van der Waals surface area (Å²) in [5.41, 5.74) is 3.53. The molecular weight excluding hydrogens is 408 g/mol. The third kappa shape index (κ3) is 4.65. The molecule has 0 saturated carbocycles. The van der Waals surface area contributed by atoms with E-state index in [0.717, 1.165) is 22.2 Å². The molecule has 152 valence electrons. The quantitative estimate of drug-likeness (QED) is 0.441. The molecule has 0 atom stereocenters. The molecule has 0 fully saturated rings. The van der Waals surface area contributed by atoms with Crippen molar-refractivity contribution in [2.75, 3.05) is 18.2 Å². The molecule has 31 heavy (non-hydrogen) atoms. The van der Waals surface area contributed by atoms with Gasteiger partial charge in [-0.3, -0.25) is 9.78 Å². The molecule has 4 aromatic rings. The molecule has 0 aliphatic heterocycles. The van der Waals surface area contributed by atoms with Crippen molar-refractivity contribution in [3.63, 3.8) is 0 Å². The number of ether oxygens (including phenoxy) is 1. The number of fused-ring (bicyclic) bond motifs is 1. The van der Waals surface area contributed by atoms with Crippen LogP contribution in [0.5, 0.6) is 5.75 Å². The number of pyridine rings is 2. The average Bonchev–Trinajstić information content (AvgIpc) is 2.83. The van der Waals surface area contributed by atoms with Crippen LogP contribution < -0.4 is 10.1 Å². The number of amides is 1. The maximum atomic E-state index is 12.6. The van der Waals surface area contributed by atoms with Gasteiger partial charge in [0.1, 0.15) is 16.8 Å². The number of methoxy groups -OCH3 is 1. The minimum absolute atomic E-state index is 0.125. The van der Waals surface area contributed by atoms with Crippen LogP contribution in [0.3, 0.4) is 0 Å². The predicted octanol–water partition coefficient (Wildman–Crippen LogP) is 4.91. The van der Waals surface area contributed by atoms with E-state index in [4.69, 9.17) is 4.74 Å². The summed E-state index contributed by atoms with van der Waals surface area (Å²) >= 11 is 1.23. The highest BCUT2D eigenvalue weighted by atomic mass is 32.2. The van der Waals surface area contributed by atoms with Gasteiger partial charge >= 0.3 is 0 Å². The summed E-state index contributed by atoms with van der Waals surface area (Å²) in [6.45, 7) is 0.